The van der Waals surface area contributed by atoms with E-state index < -0.39 is 32.4 Å². The lowest BCUT2D eigenvalue weighted by Crippen LogP contribution is -2.17. The minimum atomic E-state index is -4.20. The molecule has 10 heteroatoms. The number of carboxylic acids is 1. The Balaban J connectivity index is 2.43. The minimum absolute atomic E-state index is 0.0667. The molecule has 3 N–H and O–H groups in total. The van der Waals surface area contributed by atoms with Crippen molar-refractivity contribution in [2.75, 3.05) is 4.72 Å². The van der Waals surface area contributed by atoms with Crippen molar-refractivity contribution in [3.8, 4) is 0 Å². The summed E-state index contributed by atoms with van der Waals surface area (Å²) in [4.78, 5) is 14.0. The zero-order valence-corrected chi connectivity index (χ0v) is 10.9. The van der Waals surface area contributed by atoms with Gasteiger partial charge < -0.3 is 5.11 Å². The summed E-state index contributed by atoms with van der Waals surface area (Å²) < 4.78 is 39.0. The highest BCUT2D eigenvalue weighted by atomic mass is 32.2. The lowest BCUT2D eigenvalue weighted by atomic mass is 10.4. The number of aromatic nitrogens is 3. The van der Waals surface area contributed by atoms with E-state index >= 15 is 0 Å². The maximum absolute atomic E-state index is 12.7. The molecular weight excluding hydrogens is 291 g/mol. The van der Waals surface area contributed by atoms with Crippen LogP contribution in [0.3, 0.4) is 0 Å². The Morgan fingerprint density at radius 2 is 2.15 bits per heavy atom. The second-order valence-electron chi connectivity index (χ2n) is 3.80. The Hall–Kier alpha value is -2.49. The molecule has 20 heavy (non-hydrogen) atoms. The third-order valence-corrected chi connectivity index (χ3v) is 3.84. The van der Waals surface area contributed by atoms with E-state index in [1.807, 2.05) is 0 Å². The van der Waals surface area contributed by atoms with Crippen molar-refractivity contribution in [1.82, 2.24) is 15.2 Å². The number of nitrogens with one attached hydrogen (secondary N) is 2. The second kappa shape index (κ2) is 4.89. The Morgan fingerprint density at radius 1 is 1.45 bits per heavy atom. The van der Waals surface area contributed by atoms with Gasteiger partial charge in [0.15, 0.2) is 5.69 Å². The molecule has 8 nitrogen and oxygen atoms in total. The Kier molecular flexibility index (Phi) is 3.40. The maximum atomic E-state index is 12.7. The summed E-state index contributed by atoms with van der Waals surface area (Å²) in [5.41, 5.74) is -0.561. The molecule has 2 aromatic rings. The molecule has 2 heterocycles. The van der Waals surface area contributed by atoms with Gasteiger partial charge in [-0.3, -0.25) is 9.82 Å². The third-order valence-electron chi connectivity index (χ3n) is 2.33. The van der Waals surface area contributed by atoms with E-state index in [1.54, 1.807) is 0 Å². The summed E-state index contributed by atoms with van der Waals surface area (Å²) in [5.74, 6) is -2.25. The Labute approximate surface area is 112 Å². The van der Waals surface area contributed by atoms with Gasteiger partial charge in [0.05, 0.1) is 11.9 Å². The number of pyridine rings is 1. The fraction of sp³-hybridized carbons (Fsp3) is 0.100. The second-order valence-corrected chi connectivity index (χ2v) is 5.42. The number of hydrogen-bond donors (Lipinski definition) is 3. The minimum Gasteiger partial charge on any atom is -0.476 e. The highest BCUT2D eigenvalue weighted by Gasteiger charge is 2.28. The van der Waals surface area contributed by atoms with Crippen molar-refractivity contribution in [2.24, 2.45) is 0 Å². The van der Waals surface area contributed by atoms with Crippen LogP contribution in [0, 0.1) is 12.7 Å². The SMILES string of the molecule is Cc1[nH]nc(C(=O)O)c1S(=O)(=O)Nc1ccc(F)cn1. The van der Waals surface area contributed by atoms with Gasteiger partial charge in [0.1, 0.15) is 16.5 Å². The van der Waals surface area contributed by atoms with Crippen LogP contribution >= 0.6 is 0 Å². The molecule has 0 radical (unpaired) electrons. The normalized spacial score (nSPS) is 11.3. The molecule has 0 unspecified atom stereocenters. The van der Waals surface area contributed by atoms with E-state index in [0.29, 0.717) is 0 Å². The van der Waals surface area contributed by atoms with Crippen LogP contribution in [0.15, 0.2) is 23.2 Å². The lowest BCUT2D eigenvalue weighted by molar-refractivity contribution is 0.0686. The first-order valence-electron chi connectivity index (χ1n) is 5.24. The van der Waals surface area contributed by atoms with Crippen LogP contribution in [-0.2, 0) is 10.0 Å². The first-order valence-corrected chi connectivity index (χ1v) is 6.72. The monoisotopic (exact) mass is 300 g/mol. The van der Waals surface area contributed by atoms with Crippen LogP contribution in [0.25, 0.3) is 0 Å². The quantitative estimate of drug-likeness (QED) is 0.765. The van der Waals surface area contributed by atoms with Gasteiger partial charge in [0.25, 0.3) is 10.0 Å². The van der Waals surface area contributed by atoms with Crippen molar-refractivity contribution in [3.05, 3.63) is 35.5 Å². The molecule has 0 atom stereocenters. The molecular formula is C10H9FN4O4S. The summed E-state index contributed by atoms with van der Waals surface area (Å²) in [6, 6.07) is 2.13. The molecule has 0 fully saturated rings. The molecule has 0 spiro atoms. The van der Waals surface area contributed by atoms with Crippen molar-refractivity contribution < 1.29 is 22.7 Å². The molecule has 0 aromatic carbocycles. The number of halogens is 1. The van der Waals surface area contributed by atoms with Crippen LogP contribution in [0.1, 0.15) is 16.2 Å². The Morgan fingerprint density at radius 3 is 2.70 bits per heavy atom. The Bertz CT molecular complexity index is 754. The number of carboxylic acid groups (broad SMARTS) is 1. The van der Waals surface area contributed by atoms with Gasteiger partial charge in [-0.2, -0.15) is 5.10 Å². The number of anilines is 1. The average molecular weight is 300 g/mol. The predicted octanol–water partition coefficient (Wildman–Crippen LogP) is 0.751. The third kappa shape index (κ3) is 2.59. The number of aryl methyl sites for hydroxylation is 1. The summed E-state index contributed by atoms with van der Waals surface area (Å²) in [7, 11) is -4.20. The van der Waals surface area contributed by atoms with Crippen LogP contribution in [0.4, 0.5) is 10.2 Å². The number of nitrogens with zero attached hydrogens (tertiary/aromatic N) is 2. The van der Waals surface area contributed by atoms with Crippen molar-refractivity contribution >= 4 is 21.8 Å². The first kappa shape index (κ1) is 13.9. The van der Waals surface area contributed by atoms with Gasteiger partial charge in [-0.1, -0.05) is 0 Å². The number of aromatic amines is 1. The summed E-state index contributed by atoms with van der Waals surface area (Å²) in [6.07, 6.45) is 0.832. The van der Waals surface area contributed by atoms with Crippen molar-refractivity contribution in [3.63, 3.8) is 0 Å². The van der Waals surface area contributed by atoms with E-state index in [2.05, 4.69) is 19.9 Å². The van der Waals surface area contributed by atoms with Gasteiger partial charge >= 0.3 is 5.97 Å². The zero-order valence-electron chi connectivity index (χ0n) is 10.1. The van der Waals surface area contributed by atoms with E-state index in [0.717, 1.165) is 18.3 Å². The van der Waals surface area contributed by atoms with Crippen molar-refractivity contribution in [1.29, 1.82) is 0 Å². The molecule has 0 aliphatic heterocycles. The highest BCUT2D eigenvalue weighted by Crippen LogP contribution is 2.20. The van der Waals surface area contributed by atoms with Crippen LogP contribution in [0.5, 0.6) is 0 Å². The topological polar surface area (TPSA) is 125 Å². The number of aromatic carboxylic acids is 1. The van der Waals surface area contributed by atoms with Gasteiger partial charge in [0, 0.05) is 0 Å². The maximum Gasteiger partial charge on any atom is 0.357 e. The van der Waals surface area contributed by atoms with E-state index in [4.69, 9.17) is 5.11 Å². The van der Waals surface area contributed by atoms with E-state index in [9.17, 15) is 17.6 Å². The van der Waals surface area contributed by atoms with Gasteiger partial charge in [-0.25, -0.2) is 22.6 Å². The first-order chi connectivity index (χ1) is 9.31. The zero-order chi connectivity index (χ0) is 14.9. The predicted molar refractivity (Wildman–Crippen MR) is 65.3 cm³/mol. The number of carbonyl (C=O) groups is 1. The molecule has 0 saturated heterocycles. The van der Waals surface area contributed by atoms with Crippen molar-refractivity contribution in [2.45, 2.75) is 11.8 Å². The molecule has 0 aliphatic rings. The largest absolute Gasteiger partial charge is 0.476 e. The lowest BCUT2D eigenvalue weighted by Gasteiger charge is -2.07. The van der Waals surface area contributed by atoms with Gasteiger partial charge in [0.2, 0.25) is 0 Å². The van der Waals surface area contributed by atoms with Crippen LogP contribution in [-0.4, -0.2) is 34.7 Å². The van der Waals surface area contributed by atoms with E-state index in [-0.39, 0.29) is 11.5 Å². The summed E-state index contributed by atoms with van der Waals surface area (Å²) >= 11 is 0. The van der Waals surface area contributed by atoms with Crippen LogP contribution in [0.2, 0.25) is 0 Å². The molecule has 0 aliphatic carbocycles. The average Bonchev–Trinajstić information content (AvgIpc) is 2.75. The smallest absolute Gasteiger partial charge is 0.357 e. The fourth-order valence-electron chi connectivity index (χ4n) is 1.52. The van der Waals surface area contributed by atoms with Gasteiger partial charge in [-0.05, 0) is 19.1 Å². The highest BCUT2D eigenvalue weighted by molar-refractivity contribution is 7.92. The molecule has 2 aromatic heterocycles. The molecule has 0 amide bonds. The standard InChI is InChI=1S/C10H9FN4O4S/c1-5-9(8(10(16)17)14-13-5)20(18,19)15-7-3-2-6(11)4-12-7/h2-4H,1H3,(H,12,15)(H,13,14)(H,16,17). The fourth-order valence-corrected chi connectivity index (χ4v) is 2.85. The van der Waals surface area contributed by atoms with Gasteiger partial charge in [-0.15, -0.1) is 0 Å². The molecule has 106 valence electrons. The number of hydrogen-bond acceptors (Lipinski definition) is 5. The molecule has 0 bridgehead atoms. The van der Waals surface area contributed by atoms with Crippen LogP contribution < -0.4 is 4.72 Å². The van der Waals surface area contributed by atoms with E-state index in [1.165, 1.54) is 6.92 Å². The number of sulfonamides is 1. The summed E-state index contributed by atoms with van der Waals surface area (Å²) in [5, 5.41) is 14.6. The number of H-pyrrole nitrogens is 1. The summed E-state index contributed by atoms with van der Waals surface area (Å²) in [6.45, 7) is 1.37. The molecule has 2 rings (SSSR count). The molecule has 0 saturated carbocycles. The number of rotatable bonds is 4.